The fourth-order valence-electron chi connectivity index (χ4n) is 3.96. The highest BCUT2D eigenvalue weighted by Gasteiger charge is 2.20. The molecule has 0 spiro atoms. The molecule has 12 heteroatoms. The summed E-state index contributed by atoms with van der Waals surface area (Å²) >= 11 is 6.47. The normalized spacial score (nSPS) is 14.6. The lowest BCUT2D eigenvalue weighted by Gasteiger charge is -2.26. The summed E-state index contributed by atoms with van der Waals surface area (Å²) in [4.78, 5) is 26.4. The first kappa shape index (κ1) is 28.2. The van der Waals surface area contributed by atoms with Crippen LogP contribution in [-0.4, -0.2) is 78.6 Å². The van der Waals surface area contributed by atoms with E-state index >= 15 is 0 Å². The van der Waals surface area contributed by atoms with Crippen LogP contribution in [0.5, 0.6) is 11.5 Å². The number of nitrogens with zero attached hydrogens (tertiary/aromatic N) is 5. The van der Waals surface area contributed by atoms with Gasteiger partial charge in [0.1, 0.15) is 31.1 Å². The Morgan fingerprint density at radius 3 is 2.77 bits per heavy atom. The molecule has 1 aliphatic rings. The molecule has 1 aliphatic heterocycles. The van der Waals surface area contributed by atoms with Crippen molar-refractivity contribution in [2.24, 2.45) is 4.99 Å². The number of hydrogen-bond donors (Lipinski definition) is 1. The maximum atomic E-state index is 11.9. The Morgan fingerprint density at radius 1 is 1.23 bits per heavy atom. The van der Waals surface area contributed by atoms with Crippen molar-refractivity contribution in [3.63, 3.8) is 0 Å². The predicted molar refractivity (Wildman–Crippen MR) is 152 cm³/mol. The molecule has 4 rings (SSSR count). The highest BCUT2D eigenvalue weighted by molar-refractivity contribution is 6.32. The largest absolute Gasteiger partial charge is 0.486 e. The second kappa shape index (κ2) is 13.8. The second-order valence-electron chi connectivity index (χ2n) is 8.70. The van der Waals surface area contributed by atoms with Gasteiger partial charge in [-0.3, -0.25) is 20.0 Å². The Hall–Kier alpha value is -3.80. The molecule has 39 heavy (non-hydrogen) atoms. The summed E-state index contributed by atoms with van der Waals surface area (Å²) in [6.07, 6.45) is 6.23. The first-order valence-electron chi connectivity index (χ1n) is 12.7. The molecule has 0 saturated carbocycles. The van der Waals surface area contributed by atoms with Crippen LogP contribution < -0.4 is 14.8 Å². The van der Waals surface area contributed by atoms with E-state index in [2.05, 4.69) is 25.2 Å². The summed E-state index contributed by atoms with van der Waals surface area (Å²) in [6.45, 7) is 6.28. The summed E-state index contributed by atoms with van der Waals surface area (Å²) in [5, 5.41) is 15.9. The Bertz CT molecular complexity index is 1360. The number of aromatic nitrogens is 2. The Kier molecular flexibility index (Phi) is 10.0. The predicted octanol–water partition coefficient (Wildman–Crippen LogP) is 5.06. The summed E-state index contributed by atoms with van der Waals surface area (Å²) < 4.78 is 17.0. The molecule has 0 aliphatic carbocycles. The molecular weight excluding hydrogens is 524 g/mol. The molecule has 2 aromatic carbocycles. The highest BCUT2D eigenvalue weighted by Crippen LogP contribution is 2.35. The smallest absolute Gasteiger partial charge is 0.311 e. The van der Waals surface area contributed by atoms with Crippen LogP contribution in [0.4, 0.5) is 17.2 Å². The number of nitro groups is 1. The zero-order valence-electron chi connectivity index (χ0n) is 21.9. The number of fused-ring (bicyclic) bond motifs is 1. The fraction of sp³-hybridized carbons (Fsp3) is 0.370. The number of morpholine rings is 1. The Balaban J connectivity index is 1.49. The standard InChI is InChI=1S/C27H31ClN6O5/c1-3-4-5-20(29-2)17-39-25-7-6-19(14-22(25)28)32-27-21-15-24(34(35)36)26(16-23(21)30-18-31-27)38-13-10-33-8-11-37-12-9-33/h4-7,14-16,18H,3,8-13,17H2,1-2H3,(H,30,31,32)/b5-4-,29-20?. The van der Waals surface area contributed by atoms with Crippen LogP contribution in [0.3, 0.4) is 0 Å². The van der Waals surface area contributed by atoms with Gasteiger partial charge >= 0.3 is 5.69 Å². The quantitative estimate of drug-likeness (QED) is 0.186. The van der Waals surface area contributed by atoms with Gasteiger partial charge in [-0.2, -0.15) is 0 Å². The number of ether oxygens (including phenoxy) is 3. The van der Waals surface area contributed by atoms with Crippen LogP contribution in [0.25, 0.3) is 10.9 Å². The van der Waals surface area contributed by atoms with Gasteiger partial charge in [-0.15, -0.1) is 0 Å². The van der Waals surface area contributed by atoms with Crippen LogP contribution in [0, 0.1) is 10.1 Å². The molecule has 3 aromatic rings. The highest BCUT2D eigenvalue weighted by atomic mass is 35.5. The first-order chi connectivity index (χ1) is 19.0. The van der Waals surface area contributed by atoms with Gasteiger partial charge in [0.2, 0.25) is 0 Å². The van der Waals surface area contributed by atoms with Crippen LogP contribution in [0.1, 0.15) is 13.3 Å². The van der Waals surface area contributed by atoms with Crippen molar-refractivity contribution in [1.29, 1.82) is 0 Å². The molecule has 0 bridgehead atoms. The third-order valence-electron chi connectivity index (χ3n) is 6.08. The Labute approximate surface area is 231 Å². The number of aliphatic imine (C=N–C) groups is 1. The number of nitrogens with one attached hydrogen (secondary N) is 1. The van der Waals surface area contributed by atoms with Crippen molar-refractivity contribution in [2.45, 2.75) is 13.3 Å². The van der Waals surface area contributed by atoms with Gasteiger partial charge in [-0.25, -0.2) is 9.97 Å². The molecule has 206 valence electrons. The van der Waals surface area contributed by atoms with Gasteiger partial charge in [0.25, 0.3) is 0 Å². The van der Waals surface area contributed by atoms with Gasteiger partial charge < -0.3 is 19.5 Å². The van der Waals surface area contributed by atoms with Gasteiger partial charge in [0, 0.05) is 44.5 Å². The summed E-state index contributed by atoms with van der Waals surface area (Å²) in [5.41, 5.74) is 1.79. The fourth-order valence-corrected chi connectivity index (χ4v) is 4.20. The monoisotopic (exact) mass is 554 g/mol. The maximum Gasteiger partial charge on any atom is 0.311 e. The lowest BCUT2D eigenvalue weighted by molar-refractivity contribution is -0.385. The van der Waals surface area contributed by atoms with Crippen LogP contribution >= 0.6 is 11.6 Å². The van der Waals surface area contributed by atoms with Gasteiger partial charge in [0.15, 0.2) is 5.75 Å². The van der Waals surface area contributed by atoms with Crippen molar-refractivity contribution < 1.29 is 19.1 Å². The summed E-state index contributed by atoms with van der Waals surface area (Å²) in [7, 11) is 1.71. The van der Waals surface area contributed by atoms with Crippen molar-refractivity contribution in [3.8, 4) is 11.5 Å². The zero-order chi connectivity index (χ0) is 27.6. The molecule has 0 radical (unpaired) electrons. The molecule has 1 N–H and O–H groups in total. The van der Waals surface area contributed by atoms with E-state index in [0.717, 1.165) is 25.2 Å². The molecule has 2 heterocycles. The van der Waals surface area contributed by atoms with Crippen molar-refractivity contribution in [3.05, 3.63) is 63.9 Å². The lowest BCUT2D eigenvalue weighted by Crippen LogP contribution is -2.38. The number of allylic oxidation sites excluding steroid dienone is 1. The van der Waals surface area contributed by atoms with E-state index in [9.17, 15) is 10.1 Å². The lowest BCUT2D eigenvalue weighted by atomic mass is 10.2. The van der Waals surface area contributed by atoms with Gasteiger partial charge in [-0.05, 0) is 30.7 Å². The molecule has 1 fully saturated rings. The number of hydrogen-bond acceptors (Lipinski definition) is 10. The number of nitro benzene ring substituents is 1. The van der Waals surface area contributed by atoms with Crippen LogP contribution in [-0.2, 0) is 4.74 Å². The maximum absolute atomic E-state index is 11.9. The second-order valence-corrected chi connectivity index (χ2v) is 9.11. The van der Waals surface area contributed by atoms with E-state index in [1.165, 1.54) is 12.4 Å². The number of benzene rings is 2. The summed E-state index contributed by atoms with van der Waals surface area (Å²) in [5.74, 6) is 1.08. The van der Waals surface area contributed by atoms with Crippen LogP contribution in [0.15, 0.2) is 53.8 Å². The molecule has 1 aromatic heterocycles. The SMILES string of the molecule is CC/C=C\C(COc1ccc(Nc2ncnc3cc(OCCN4CCOCC4)c([N+](=O)[O-])cc23)cc1Cl)=NC. The van der Waals surface area contributed by atoms with E-state index in [-0.39, 0.29) is 18.0 Å². The van der Waals surface area contributed by atoms with E-state index in [4.69, 9.17) is 25.8 Å². The third-order valence-corrected chi connectivity index (χ3v) is 6.38. The van der Waals surface area contributed by atoms with Gasteiger partial charge in [-0.1, -0.05) is 24.6 Å². The topological polar surface area (TPSA) is 124 Å². The van der Waals surface area contributed by atoms with E-state index in [0.29, 0.717) is 59.5 Å². The number of rotatable bonds is 12. The minimum atomic E-state index is -0.465. The van der Waals surface area contributed by atoms with E-state index in [1.54, 1.807) is 31.3 Å². The minimum Gasteiger partial charge on any atom is -0.486 e. The molecule has 11 nitrogen and oxygen atoms in total. The Morgan fingerprint density at radius 2 is 2.05 bits per heavy atom. The van der Waals surface area contributed by atoms with Crippen molar-refractivity contribution >= 4 is 45.4 Å². The first-order valence-corrected chi connectivity index (χ1v) is 13.0. The molecule has 1 saturated heterocycles. The number of halogens is 1. The van der Waals surface area contributed by atoms with E-state index < -0.39 is 4.92 Å². The third kappa shape index (κ3) is 7.62. The minimum absolute atomic E-state index is 0.158. The van der Waals surface area contributed by atoms with E-state index in [1.807, 2.05) is 19.1 Å². The molecule has 0 unspecified atom stereocenters. The average Bonchev–Trinajstić information content (AvgIpc) is 2.94. The zero-order valence-corrected chi connectivity index (χ0v) is 22.7. The van der Waals surface area contributed by atoms with Crippen molar-refractivity contribution in [2.75, 3.05) is 58.4 Å². The summed E-state index contributed by atoms with van der Waals surface area (Å²) in [6, 6.07) is 8.23. The van der Waals surface area contributed by atoms with Crippen molar-refractivity contribution in [1.82, 2.24) is 14.9 Å². The average molecular weight is 555 g/mol. The molecule has 0 amide bonds. The van der Waals surface area contributed by atoms with Gasteiger partial charge in [0.05, 0.1) is 39.8 Å². The molecular formula is C27H31ClN6O5. The van der Waals surface area contributed by atoms with Crippen LogP contribution in [0.2, 0.25) is 5.02 Å². The number of anilines is 2. The molecule has 0 atom stereocenters.